The van der Waals surface area contributed by atoms with Crippen LogP contribution in [0.4, 0.5) is 5.69 Å². The van der Waals surface area contributed by atoms with Crippen molar-refractivity contribution in [3.05, 3.63) is 39.9 Å². The van der Waals surface area contributed by atoms with Crippen LogP contribution in [0.2, 0.25) is 0 Å². The van der Waals surface area contributed by atoms with Crippen LogP contribution in [0.1, 0.15) is 37.7 Å². The molecule has 0 bridgehead atoms. The van der Waals surface area contributed by atoms with E-state index in [1.807, 2.05) is 0 Å². The van der Waals surface area contributed by atoms with E-state index < -0.39 is 10.3 Å². The third-order valence-electron chi connectivity index (χ3n) is 4.31. The Morgan fingerprint density at radius 2 is 1.95 bits per heavy atom. The highest BCUT2D eigenvalue weighted by molar-refractivity contribution is 5.83. The van der Waals surface area contributed by atoms with Crippen LogP contribution in [0.5, 0.6) is 0 Å². The van der Waals surface area contributed by atoms with Crippen molar-refractivity contribution < 1.29 is 9.72 Å². The number of benzene rings is 1. The van der Waals surface area contributed by atoms with E-state index in [-0.39, 0.29) is 18.1 Å². The second-order valence-electron chi connectivity index (χ2n) is 5.61. The molecule has 0 aliphatic heterocycles. The number of nitro groups is 1. The average Bonchev–Trinajstić information content (AvgIpc) is 2.53. The third kappa shape index (κ3) is 3.39. The minimum Gasteiger partial charge on any atom is -0.351 e. The van der Waals surface area contributed by atoms with Gasteiger partial charge in [-0.2, -0.15) is 0 Å². The van der Waals surface area contributed by atoms with Crippen LogP contribution in [0.15, 0.2) is 24.3 Å². The molecule has 2 rings (SSSR count). The van der Waals surface area contributed by atoms with Crippen LogP contribution in [-0.2, 0) is 11.3 Å². The Balaban J connectivity index is 2.05. The van der Waals surface area contributed by atoms with Crippen molar-refractivity contribution in [2.75, 3.05) is 6.54 Å². The fraction of sp³-hybridized carbons (Fsp3) is 0.533. The molecular formula is C15H21N3O3. The Morgan fingerprint density at radius 3 is 2.57 bits per heavy atom. The normalized spacial score (nSPS) is 17.2. The molecule has 0 spiro atoms. The van der Waals surface area contributed by atoms with Crippen LogP contribution in [0.3, 0.4) is 0 Å². The largest absolute Gasteiger partial charge is 0.351 e. The molecule has 6 heteroatoms. The smallest absolute Gasteiger partial charge is 0.274 e. The Morgan fingerprint density at radius 1 is 1.29 bits per heavy atom. The molecule has 1 fully saturated rings. The maximum Gasteiger partial charge on any atom is 0.274 e. The lowest BCUT2D eigenvalue weighted by atomic mass is 9.73. The van der Waals surface area contributed by atoms with E-state index in [1.54, 1.807) is 18.2 Å². The number of nitro benzene ring substituents is 1. The number of rotatable bonds is 5. The highest BCUT2D eigenvalue weighted by Crippen LogP contribution is 2.35. The number of nitrogens with two attached hydrogens (primary N) is 1. The van der Waals surface area contributed by atoms with Crippen molar-refractivity contribution in [1.29, 1.82) is 0 Å². The fourth-order valence-corrected chi connectivity index (χ4v) is 2.95. The van der Waals surface area contributed by atoms with Gasteiger partial charge in [-0.05, 0) is 12.8 Å². The van der Waals surface area contributed by atoms with Gasteiger partial charge in [-0.1, -0.05) is 37.5 Å². The van der Waals surface area contributed by atoms with Crippen molar-refractivity contribution in [2.45, 2.75) is 38.6 Å². The van der Waals surface area contributed by atoms with E-state index in [1.165, 1.54) is 6.07 Å². The van der Waals surface area contributed by atoms with Crippen LogP contribution >= 0.6 is 0 Å². The van der Waals surface area contributed by atoms with E-state index in [0.29, 0.717) is 12.1 Å². The summed E-state index contributed by atoms with van der Waals surface area (Å²) in [6, 6.07) is 6.45. The van der Waals surface area contributed by atoms with Crippen LogP contribution in [-0.4, -0.2) is 17.4 Å². The Bertz CT molecular complexity index is 525. The molecule has 6 nitrogen and oxygen atoms in total. The quantitative estimate of drug-likeness (QED) is 0.641. The lowest BCUT2D eigenvalue weighted by Crippen LogP contribution is -2.46. The molecule has 1 aromatic rings. The van der Waals surface area contributed by atoms with Gasteiger partial charge in [0, 0.05) is 24.7 Å². The van der Waals surface area contributed by atoms with Crippen molar-refractivity contribution >= 4 is 11.6 Å². The number of carbonyl (C=O) groups is 1. The maximum atomic E-state index is 12.4. The van der Waals surface area contributed by atoms with Gasteiger partial charge >= 0.3 is 0 Å². The topological polar surface area (TPSA) is 98.3 Å². The zero-order valence-electron chi connectivity index (χ0n) is 12.0. The third-order valence-corrected chi connectivity index (χ3v) is 4.31. The summed E-state index contributed by atoms with van der Waals surface area (Å²) in [5.74, 6) is -0.0807. The predicted molar refractivity (Wildman–Crippen MR) is 79.5 cm³/mol. The Hall–Kier alpha value is -1.95. The second-order valence-corrected chi connectivity index (χ2v) is 5.61. The summed E-state index contributed by atoms with van der Waals surface area (Å²) >= 11 is 0. The SMILES string of the molecule is NCC1(C(=O)NCc2ccccc2[N+](=O)[O-])CCCCC1. The number of amides is 1. The summed E-state index contributed by atoms with van der Waals surface area (Å²) in [7, 11) is 0. The molecular weight excluding hydrogens is 270 g/mol. The number of carbonyl (C=O) groups excluding carboxylic acids is 1. The van der Waals surface area contributed by atoms with Crippen LogP contribution in [0, 0.1) is 15.5 Å². The van der Waals surface area contributed by atoms with Gasteiger partial charge in [-0.25, -0.2) is 0 Å². The predicted octanol–water partition coefficient (Wildman–Crippen LogP) is 2.12. The zero-order valence-corrected chi connectivity index (χ0v) is 12.0. The molecule has 0 heterocycles. The van der Waals surface area contributed by atoms with Crippen molar-refractivity contribution in [3.63, 3.8) is 0 Å². The monoisotopic (exact) mass is 291 g/mol. The van der Waals surface area contributed by atoms with Gasteiger partial charge in [-0.15, -0.1) is 0 Å². The first kappa shape index (κ1) is 15.4. The molecule has 21 heavy (non-hydrogen) atoms. The van der Waals surface area contributed by atoms with Gasteiger partial charge < -0.3 is 11.1 Å². The van der Waals surface area contributed by atoms with Crippen LogP contribution < -0.4 is 11.1 Å². The molecule has 1 aliphatic rings. The first-order valence-corrected chi connectivity index (χ1v) is 7.30. The van der Waals surface area contributed by atoms with E-state index in [4.69, 9.17) is 5.73 Å². The fourth-order valence-electron chi connectivity index (χ4n) is 2.95. The number of nitrogens with zero attached hydrogens (tertiary/aromatic N) is 1. The molecule has 0 aromatic heterocycles. The number of hydrogen-bond acceptors (Lipinski definition) is 4. The van der Waals surface area contributed by atoms with Gasteiger partial charge in [0.15, 0.2) is 0 Å². The Labute approximate surface area is 123 Å². The summed E-state index contributed by atoms with van der Waals surface area (Å²) in [5.41, 5.74) is 5.86. The van der Waals surface area contributed by atoms with Crippen molar-refractivity contribution in [3.8, 4) is 0 Å². The van der Waals surface area contributed by atoms with E-state index >= 15 is 0 Å². The maximum absolute atomic E-state index is 12.4. The summed E-state index contributed by atoms with van der Waals surface area (Å²) in [4.78, 5) is 23.0. The zero-order chi connectivity index (χ0) is 15.3. The first-order valence-electron chi connectivity index (χ1n) is 7.30. The summed E-state index contributed by atoms with van der Waals surface area (Å²) < 4.78 is 0. The van der Waals surface area contributed by atoms with Gasteiger partial charge in [0.2, 0.25) is 5.91 Å². The summed E-state index contributed by atoms with van der Waals surface area (Å²) in [5, 5.41) is 13.8. The van der Waals surface area contributed by atoms with Crippen LogP contribution in [0.25, 0.3) is 0 Å². The van der Waals surface area contributed by atoms with Gasteiger partial charge in [0.1, 0.15) is 0 Å². The molecule has 1 aliphatic carbocycles. The minimum absolute atomic E-state index is 0.0308. The molecule has 1 aromatic carbocycles. The number of para-hydroxylation sites is 1. The highest BCUT2D eigenvalue weighted by atomic mass is 16.6. The molecule has 1 saturated carbocycles. The molecule has 0 unspecified atom stereocenters. The number of hydrogen-bond donors (Lipinski definition) is 2. The summed E-state index contributed by atoms with van der Waals surface area (Å²) in [6.45, 7) is 0.494. The molecule has 0 saturated heterocycles. The lowest BCUT2D eigenvalue weighted by Gasteiger charge is -2.34. The minimum atomic E-state index is -0.498. The van der Waals surface area contributed by atoms with E-state index in [9.17, 15) is 14.9 Å². The average molecular weight is 291 g/mol. The molecule has 0 atom stereocenters. The molecule has 1 amide bonds. The lowest BCUT2D eigenvalue weighted by molar-refractivity contribution is -0.385. The highest BCUT2D eigenvalue weighted by Gasteiger charge is 2.38. The van der Waals surface area contributed by atoms with Gasteiger partial charge in [0.25, 0.3) is 5.69 Å². The Kier molecular flexibility index (Phi) is 4.90. The standard InChI is InChI=1S/C15H21N3O3/c16-11-15(8-4-1-5-9-15)14(19)17-10-12-6-2-3-7-13(12)18(20)21/h2-3,6-7H,1,4-5,8-11,16H2,(H,17,19). The van der Waals surface area contributed by atoms with E-state index in [0.717, 1.165) is 32.1 Å². The number of nitrogens with one attached hydrogen (secondary N) is 1. The molecule has 0 radical (unpaired) electrons. The van der Waals surface area contributed by atoms with Crippen molar-refractivity contribution in [1.82, 2.24) is 5.32 Å². The van der Waals surface area contributed by atoms with Gasteiger partial charge in [-0.3, -0.25) is 14.9 Å². The summed E-state index contributed by atoms with van der Waals surface area (Å²) in [6.07, 6.45) is 4.75. The van der Waals surface area contributed by atoms with Gasteiger partial charge in [0.05, 0.1) is 10.3 Å². The van der Waals surface area contributed by atoms with Crippen molar-refractivity contribution in [2.24, 2.45) is 11.1 Å². The van der Waals surface area contributed by atoms with E-state index in [2.05, 4.69) is 5.32 Å². The molecule has 3 N–H and O–H groups in total. The first-order chi connectivity index (χ1) is 10.1. The molecule has 114 valence electrons. The second kappa shape index (κ2) is 6.67.